The standard InChI is InChI=1S/C24H24Cl2O3/c1-6-13-7-8-14(16-12-15(25)9-10-18(16)26)11-17(13)19-20(27)23(2,3)22(29)24(4,5)21(19)28/h7-12,27H,6H2,1-5H3. The molecule has 0 fully saturated rings. The van der Waals surface area contributed by atoms with E-state index in [0.29, 0.717) is 22.0 Å². The Balaban J connectivity index is 2.32. The molecule has 1 N–H and O–H groups in total. The minimum absolute atomic E-state index is 0.184. The third-order valence-corrected chi connectivity index (χ3v) is 6.32. The molecule has 5 heteroatoms. The van der Waals surface area contributed by atoms with E-state index in [4.69, 9.17) is 23.2 Å². The van der Waals surface area contributed by atoms with Gasteiger partial charge in [0.1, 0.15) is 5.76 Å². The van der Waals surface area contributed by atoms with E-state index in [9.17, 15) is 14.7 Å². The molecule has 0 radical (unpaired) electrons. The second-order valence-electron chi connectivity index (χ2n) is 8.48. The van der Waals surface area contributed by atoms with Crippen LogP contribution < -0.4 is 0 Å². The summed E-state index contributed by atoms with van der Waals surface area (Å²) >= 11 is 12.5. The summed E-state index contributed by atoms with van der Waals surface area (Å²) in [7, 11) is 0. The van der Waals surface area contributed by atoms with Crippen LogP contribution in [-0.4, -0.2) is 16.7 Å². The number of carbonyl (C=O) groups is 2. The maximum Gasteiger partial charge on any atom is 0.179 e. The van der Waals surface area contributed by atoms with Crippen LogP contribution in [0.4, 0.5) is 0 Å². The highest BCUT2D eigenvalue weighted by atomic mass is 35.5. The van der Waals surface area contributed by atoms with Crippen molar-refractivity contribution in [3.8, 4) is 11.1 Å². The van der Waals surface area contributed by atoms with Crippen molar-refractivity contribution in [3.63, 3.8) is 0 Å². The van der Waals surface area contributed by atoms with Crippen molar-refractivity contribution in [1.82, 2.24) is 0 Å². The average Bonchev–Trinajstić information content (AvgIpc) is 2.68. The monoisotopic (exact) mass is 430 g/mol. The van der Waals surface area contributed by atoms with E-state index in [1.165, 1.54) is 0 Å². The normalized spacial score (nSPS) is 18.3. The summed E-state index contributed by atoms with van der Waals surface area (Å²) in [6, 6.07) is 10.9. The van der Waals surface area contributed by atoms with Crippen molar-refractivity contribution in [2.24, 2.45) is 10.8 Å². The second kappa shape index (κ2) is 7.30. The van der Waals surface area contributed by atoms with Crippen LogP contribution in [0.5, 0.6) is 0 Å². The van der Waals surface area contributed by atoms with Crippen LogP contribution in [-0.2, 0) is 16.0 Å². The van der Waals surface area contributed by atoms with Crippen LogP contribution in [0.25, 0.3) is 16.7 Å². The second-order valence-corrected chi connectivity index (χ2v) is 9.33. The number of rotatable bonds is 3. The average molecular weight is 431 g/mol. The first kappa shape index (κ1) is 21.6. The zero-order valence-corrected chi connectivity index (χ0v) is 18.7. The number of ketones is 2. The molecule has 0 aromatic heterocycles. The lowest BCUT2D eigenvalue weighted by Gasteiger charge is -2.38. The highest BCUT2D eigenvalue weighted by Gasteiger charge is 2.53. The summed E-state index contributed by atoms with van der Waals surface area (Å²) in [4.78, 5) is 26.2. The quantitative estimate of drug-likeness (QED) is 0.551. The van der Waals surface area contributed by atoms with Gasteiger partial charge in [-0.2, -0.15) is 0 Å². The van der Waals surface area contributed by atoms with Gasteiger partial charge in [0.25, 0.3) is 0 Å². The van der Waals surface area contributed by atoms with Gasteiger partial charge in [0.15, 0.2) is 11.6 Å². The number of hydrogen-bond acceptors (Lipinski definition) is 3. The lowest BCUT2D eigenvalue weighted by Crippen LogP contribution is -2.48. The summed E-state index contributed by atoms with van der Waals surface area (Å²) in [6.45, 7) is 8.53. The SMILES string of the molecule is CCc1ccc(-c2cc(Cl)ccc2Cl)cc1C1=C(O)C(C)(C)C(=O)C(C)(C)C1=O. The number of hydrogen-bond donors (Lipinski definition) is 1. The summed E-state index contributed by atoms with van der Waals surface area (Å²) in [6.07, 6.45) is 0.664. The van der Waals surface area contributed by atoms with Crippen molar-refractivity contribution in [1.29, 1.82) is 0 Å². The molecule has 0 atom stereocenters. The maximum atomic E-state index is 13.3. The van der Waals surface area contributed by atoms with Gasteiger partial charge in [-0.15, -0.1) is 0 Å². The van der Waals surface area contributed by atoms with E-state index in [-0.39, 0.29) is 22.9 Å². The molecule has 0 amide bonds. The van der Waals surface area contributed by atoms with Gasteiger partial charge in [0.05, 0.1) is 16.4 Å². The Hall–Kier alpha value is -2.10. The van der Waals surface area contributed by atoms with E-state index in [1.807, 2.05) is 25.1 Å². The fourth-order valence-electron chi connectivity index (χ4n) is 3.98. The third-order valence-electron chi connectivity index (χ3n) is 5.76. The number of benzene rings is 2. The molecule has 0 saturated carbocycles. The lowest BCUT2D eigenvalue weighted by atomic mass is 9.62. The number of allylic oxidation sites excluding steroid dienone is 2. The summed E-state index contributed by atoms with van der Waals surface area (Å²) in [5.74, 6) is -0.845. The van der Waals surface area contributed by atoms with E-state index in [1.54, 1.807) is 45.9 Å². The largest absolute Gasteiger partial charge is 0.510 e. The molecule has 0 spiro atoms. The van der Waals surface area contributed by atoms with E-state index >= 15 is 0 Å². The molecule has 0 unspecified atom stereocenters. The lowest BCUT2D eigenvalue weighted by molar-refractivity contribution is -0.143. The molecule has 3 nitrogen and oxygen atoms in total. The van der Waals surface area contributed by atoms with E-state index in [0.717, 1.165) is 16.7 Å². The molecular formula is C24H24Cl2O3. The molecular weight excluding hydrogens is 407 g/mol. The van der Waals surface area contributed by atoms with Gasteiger partial charge in [-0.05, 0) is 75.1 Å². The highest BCUT2D eigenvalue weighted by molar-refractivity contribution is 6.36. The first-order valence-corrected chi connectivity index (χ1v) is 10.3. The molecule has 0 saturated heterocycles. The van der Waals surface area contributed by atoms with Crippen molar-refractivity contribution < 1.29 is 14.7 Å². The molecule has 152 valence electrons. The molecule has 29 heavy (non-hydrogen) atoms. The summed E-state index contributed by atoms with van der Waals surface area (Å²) in [5, 5.41) is 12.1. The Kier molecular flexibility index (Phi) is 5.44. The Labute approximate surface area is 181 Å². The molecule has 1 aliphatic carbocycles. The number of halogens is 2. The minimum atomic E-state index is -1.22. The minimum Gasteiger partial charge on any atom is -0.510 e. The van der Waals surface area contributed by atoms with Crippen LogP contribution in [0, 0.1) is 10.8 Å². The fourth-order valence-corrected chi connectivity index (χ4v) is 4.38. The number of Topliss-reactive ketones (excluding diaryl/α,β-unsaturated/α-hetero) is 2. The van der Waals surface area contributed by atoms with Gasteiger partial charge < -0.3 is 5.11 Å². The van der Waals surface area contributed by atoms with Crippen molar-refractivity contribution in [2.45, 2.75) is 41.0 Å². The van der Waals surface area contributed by atoms with Crippen LogP contribution >= 0.6 is 23.2 Å². The summed E-state index contributed by atoms with van der Waals surface area (Å²) < 4.78 is 0. The molecule has 2 aromatic carbocycles. The van der Waals surface area contributed by atoms with Crippen LogP contribution in [0.15, 0.2) is 42.2 Å². The van der Waals surface area contributed by atoms with Gasteiger partial charge in [-0.1, -0.05) is 42.3 Å². The van der Waals surface area contributed by atoms with Gasteiger partial charge in [0.2, 0.25) is 0 Å². The third kappa shape index (κ3) is 3.41. The van der Waals surface area contributed by atoms with Crippen LogP contribution in [0.1, 0.15) is 45.7 Å². The number of aryl methyl sites for hydroxylation is 1. The smallest absolute Gasteiger partial charge is 0.179 e. The van der Waals surface area contributed by atoms with Gasteiger partial charge >= 0.3 is 0 Å². The number of aliphatic hydroxyl groups is 1. The number of carbonyl (C=O) groups excluding carboxylic acids is 2. The number of aliphatic hydroxyl groups excluding tert-OH is 1. The molecule has 2 aromatic rings. The maximum absolute atomic E-state index is 13.3. The topological polar surface area (TPSA) is 54.4 Å². The molecule has 1 aliphatic rings. The van der Waals surface area contributed by atoms with Gasteiger partial charge in [-0.25, -0.2) is 0 Å². The Morgan fingerprint density at radius 3 is 2.17 bits per heavy atom. The molecule has 0 heterocycles. The Morgan fingerprint density at radius 1 is 0.897 bits per heavy atom. The highest BCUT2D eigenvalue weighted by Crippen LogP contribution is 2.47. The predicted molar refractivity (Wildman–Crippen MR) is 118 cm³/mol. The van der Waals surface area contributed by atoms with Crippen LogP contribution in [0.3, 0.4) is 0 Å². The summed E-state index contributed by atoms with van der Waals surface area (Å²) in [5.41, 5.74) is 0.879. The van der Waals surface area contributed by atoms with Crippen molar-refractivity contribution in [2.75, 3.05) is 0 Å². The Morgan fingerprint density at radius 2 is 1.55 bits per heavy atom. The van der Waals surface area contributed by atoms with Crippen molar-refractivity contribution >= 4 is 40.3 Å². The van der Waals surface area contributed by atoms with E-state index in [2.05, 4.69) is 0 Å². The van der Waals surface area contributed by atoms with Gasteiger partial charge in [0, 0.05) is 15.6 Å². The first-order chi connectivity index (χ1) is 13.4. The Bertz CT molecular complexity index is 1060. The van der Waals surface area contributed by atoms with Crippen molar-refractivity contribution in [3.05, 3.63) is 63.3 Å². The zero-order valence-electron chi connectivity index (χ0n) is 17.2. The first-order valence-electron chi connectivity index (χ1n) is 9.55. The van der Waals surface area contributed by atoms with Gasteiger partial charge in [-0.3, -0.25) is 9.59 Å². The molecule has 0 bridgehead atoms. The van der Waals surface area contributed by atoms with Crippen LogP contribution in [0.2, 0.25) is 10.0 Å². The predicted octanol–water partition coefficient (Wildman–Crippen LogP) is 6.70. The molecule has 0 aliphatic heterocycles. The molecule has 3 rings (SSSR count). The zero-order chi connectivity index (χ0) is 21.7. The fraction of sp³-hybridized carbons (Fsp3) is 0.333. The van der Waals surface area contributed by atoms with E-state index < -0.39 is 10.8 Å².